The standard InChI is InChI=1S/C27H32FN5O3/c1-5-20(34)33-11-18(10-15(33)3)32-27(35)21-16(4)31-26-24(21)29-13-30-25(26)22-19(36-12-17-7-8-17)9-6-14(2)23(22)28/h6,9,13,15,17-18,31H,5,7-8,10-12H2,1-4H3,(H,32,35)/t15-,18+/m0/s1. The monoisotopic (exact) mass is 493 g/mol. The van der Waals surface area contributed by atoms with Crippen LogP contribution in [0.25, 0.3) is 22.3 Å². The first-order valence-corrected chi connectivity index (χ1v) is 12.6. The topological polar surface area (TPSA) is 100 Å². The molecule has 2 aromatic heterocycles. The van der Waals surface area contributed by atoms with Gasteiger partial charge in [0, 0.05) is 30.7 Å². The van der Waals surface area contributed by atoms with Gasteiger partial charge in [0.25, 0.3) is 5.91 Å². The molecule has 0 radical (unpaired) electrons. The van der Waals surface area contributed by atoms with E-state index in [2.05, 4.69) is 20.3 Å². The molecule has 1 aliphatic heterocycles. The minimum absolute atomic E-state index is 0.0686. The van der Waals surface area contributed by atoms with Crippen LogP contribution >= 0.6 is 0 Å². The summed E-state index contributed by atoms with van der Waals surface area (Å²) in [5.41, 5.74) is 3.05. The number of fused-ring (bicyclic) bond motifs is 1. The Balaban J connectivity index is 1.48. The van der Waals surface area contributed by atoms with Gasteiger partial charge >= 0.3 is 0 Å². The number of nitrogens with zero attached hydrogens (tertiary/aromatic N) is 3. The molecule has 1 saturated carbocycles. The van der Waals surface area contributed by atoms with E-state index < -0.39 is 5.82 Å². The predicted octanol–water partition coefficient (Wildman–Crippen LogP) is 4.30. The summed E-state index contributed by atoms with van der Waals surface area (Å²) in [5, 5.41) is 3.07. The third-order valence-corrected chi connectivity index (χ3v) is 7.24. The van der Waals surface area contributed by atoms with Crippen molar-refractivity contribution >= 4 is 22.8 Å². The van der Waals surface area contributed by atoms with E-state index >= 15 is 4.39 Å². The van der Waals surface area contributed by atoms with Crippen LogP contribution in [-0.2, 0) is 4.79 Å². The van der Waals surface area contributed by atoms with Crippen LogP contribution in [0.4, 0.5) is 4.39 Å². The minimum atomic E-state index is -0.401. The molecule has 2 aliphatic rings. The molecule has 5 rings (SSSR count). The van der Waals surface area contributed by atoms with E-state index in [-0.39, 0.29) is 29.5 Å². The van der Waals surface area contributed by atoms with Gasteiger partial charge in [0.1, 0.15) is 29.1 Å². The highest BCUT2D eigenvalue weighted by Gasteiger charge is 2.34. The molecule has 0 spiro atoms. The summed E-state index contributed by atoms with van der Waals surface area (Å²) >= 11 is 0. The van der Waals surface area contributed by atoms with Crippen LogP contribution in [0, 0.1) is 25.6 Å². The number of carbonyl (C=O) groups excluding carboxylic acids is 2. The van der Waals surface area contributed by atoms with Gasteiger partial charge in [-0.3, -0.25) is 9.59 Å². The molecule has 2 amide bonds. The average molecular weight is 494 g/mol. The quantitative estimate of drug-likeness (QED) is 0.511. The fourth-order valence-electron chi connectivity index (χ4n) is 5.03. The fourth-order valence-corrected chi connectivity index (χ4v) is 5.03. The van der Waals surface area contributed by atoms with Gasteiger partial charge in [0.05, 0.1) is 23.3 Å². The number of nitrogens with one attached hydrogen (secondary N) is 2. The molecular formula is C27H32FN5O3. The van der Waals surface area contributed by atoms with Crippen molar-refractivity contribution in [3.05, 3.63) is 41.1 Å². The highest BCUT2D eigenvalue weighted by atomic mass is 19.1. The Morgan fingerprint density at radius 2 is 2.03 bits per heavy atom. The smallest absolute Gasteiger partial charge is 0.255 e. The Bertz CT molecular complexity index is 1330. The Morgan fingerprint density at radius 3 is 2.75 bits per heavy atom. The van der Waals surface area contributed by atoms with Gasteiger partial charge in [-0.2, -0.15) is 0 Å². The second-order valence-electron chi connectivity index (χ2n) is 10.0. The number of H-pyrrole nitrogens is 1. The summed E-state index contributed by atoms with van der Waals surface area (Å²) < 4.78 is 21.5. The molecule has 2 atom stereocenters. The van der Waals surface area contributed by atoms with Gasteiger partial charge in [-0.05, 0) is 57.6 Å². The second-order valence-corrected chi connectivity index (χ2v) is 10.0. The largest absolute Gasteiger partial charge is 0.492 e. The van der Waals surface area contributed by atoms with Crippen molar-refractivity contribution in [3.63, 3.8) is 0 Å². The lowest BCUT2D eigenvalue weighted by atomic mass is 10.0. The lowest BCUT2D eigenvalue weighted by Crippen LogP contribution is -2.39. The van der Waals surface area contributed by atoms with Crippen molar-refractivity contribution in [2.45, 2.75) is 65.5 Å². The summed E-state index contributed by atoms with van der Waals surface area (Å²) in [6.07, 6.45) is 4.73. The number of hydrogen-bond donors (Lipinski definition) is 2. The summed E-state index contributed by atoms with van der Waals surface area (Å²) in [5.74, 6) is 0.352. The molecule has 1 saturated heterocycles. The first-order valence-electron chi connectivity index (χ1n) is 12.6. The number of rotatable bonds is 7. The maximum Gasteiger partial charge on any atom is 0.255 e. The lowest BCUT2D eigenvalue weighted by molar-refractivity contribution is -0.131. The number of halogens is 1. The van der Waals surface area contributed by atoms with E-state index in [9.17, 15) is 9.59 Å². The third-order valence-electron chi connectivity index (χ3n) is 7.24. The number of amides is 2. The zero-order valence-corrected chi connectivity index (χ0v) is 21.2. The average Bonchev–Trinajstić information content (AvgIpc) is 3.52. The molecule has 9 heteroatoms. The molecule has 190 valence electrons. The van der Waals surface area contributed by atoms with Crippen LogP contribution in [0.5, 0.6) is 5.75 Å². The van der Waals surface area contributed by atoms with E-state index in [4.69, 9.17) is 4.74 Å². The molecule has 8 nitrogen and oxygen atoms in total. The Kier molecular flexibility index (Phi) is 6.40. The van der Waals surface area contributed by atoms with Gasteiger partial charge in [-0.15, -0.1) is 0 Å². The zero-order chi connectivity index (χ0) is 25.6. The maximum absolute atomic E-state index is 15.5. The van der Waals surface area contributed by atoms with E-state index in [1.165, 1.54) is 6.33 Å². The van der Waals surface area contributed by atoms with Crippen LogP contribution in [0.15, 0.2) is 18.5 Å². The lowest BCUT2D eigenvalue weighted by Gasteiger charge is -2.20. The summed E-state index contributed by atoms with van der Waals surface area (Å²) in [4.78, 5) is 39.4. The third kappa shape index (κ3) is 4.42. The Labute approximate surface area is 209 Å². The van der Waals surface area contributed by atoms with Crippen LogP contribution in [-0.4, -0.2) is 56.9 Å². The molecule has 0 unspecified atom stereocenters. The van der Waals surface area contributed by atoms with E-state index in [1.54, 1.807) is 26.0 Å². The molecule has 0 bridgehead atoms. The molecule has 1 aromatic carbocycles. The second kappa shape index (κ2) is 9.52. The number of likely N-dealkylation sites (tertiary alicyclic amines) is 1. The van der Waals surface area contributed by atoms with Gasteiger partial charge < -0.3 is 19.9 Å². The Hall–Kier alpha value is -3.49. The predicted molar refractivity (Wildman–Crippen MR) is 134 cm³/mol. The van der Waals surface area contributed by atoms with E-state index in [0.717, 1.165) is 12.8 Å². The fraction of sp³-hybridized carbons (Fsp3) is 0.481. The number of aryl methyl sites for hydroxylation is 2. The SMILES string of the molecule is CCC(=O)N1C[C@H](NC(=O)c2c(C)[nH]c3c(-c4c(OCC5CC5)ccc(C)c4F)ncnc23)C[C@@H]1C. The van der Waals surface area contributed by atoms with Gasteiger partial charge in [0.2, 0.25) is 5.91 Å². The molecule has 2 N–H and O–H groups in total. The first-order chi connectivity index (χ1) is 17.3. The van der Waals surface area contributed by atoms with E-state index in [1.807, 2.05) is 18.7 Å². The normalized spacial score (nSPS) is 19.6. The Morgan fingerprint density at radius 1 is 1.25 bits per heavy atom. The maximum atomic E-state index is 15.5. The van der Waals surface area contributed by atoms with Crippen molar-refractivity contribution in [1.29, 1.82) is 0 Å². The number of carbonyl (C=O) groups is 2. The molecule has 1 aliphatic carbocycles. The number of benzene rings is 1. The van der Waals surface area contributed by atoms with Gasteiger partial charge in [-0.1, -0.05) is 13.0 Å². The van der Waals surface area contributed by atoms with Crippen LogP contribution in [0.3, 0.4) is 0 Å². The van der Waals surface area contributed by atoms with Crippen molar-refractivity contribution in [3.8, 4) is 17.0 Å². The van der Waals surface area contributed by atoms with E-state index in [0.29, 0.717) is 71.2 Å². The highest BCUT2D eigenvalue weighted by Crippen LogP contribution is 2.39. The molecule has 3 heterocycles. The number of aromatic nitrogens is 3. The zero-order valence-electron chi connectivity index (χ0n) is 21.2. The minimum Gasteiger partial charge on any atom is -0.492 e. The van der Waals surface area contributed by atoms with Crippen molar-refractivity contribution in [2.24, 2.45) is 5.92 Å². The van der Waals surface area contributed by atoms with Gasteiger partial charge in [-0.25, -0.2) is 14.4 Å². The number of ether oxygens (including phenoxy) is 1. The van der Waals surface area contributed by atoms with Crippen molar-refractivity contribution in [1.82, 2.24) is 25.2 Å². The van der Waals surface area contributed by atoms with Crippen LogP contribution in [0.2, 0.25) is 0 Å². The highest BCUT2D eigenvalue weighted by molar-refractivity contribution is 6.09. The first kappa shape index (κ1) is 24.2. The molecule has 2 fully saturated rings. The molecule has 36 heavy (non-hydrogen) atoms. The summed E-state index contributed by atoms with van der Waals surface area (Å²) in [7, 11) is 0. The van der Waals surface area contributed by atoms with Crippen LogP contribution < -0.4 is 10.1 Å². The molecular weight excluding hydrogens is 461 g/mol. The van der Waals surface area contributed by atoms with Gasteiger partial charge in [0.15, 0.2) is 0 Å². The van der Waals surface area contributed by atoms with Crippen LogP contribution in [0.1, 0.15) is 61.1 Å². The number of aromatic amines is 1. The van der Waals surface area contributed by atoms with Crippen molar-refractivity contribution < 1.29 is 18.7 Å². The number of hydrogen-bond acceptors (Lipinski definition) is 5. The summed E-state index contributed by atoms with van der Waals surface area (Å²) in [6, 6.07) is 3.40. The molecule has 3 aromatic rings. The summed E-state index contributed by atoms with van der Waals surface area (Å²) in [6.45, 7) is 8.36. The van der Waals surface area contributed by atoms with Crippen molar-refractivity contribution in [2.75, 3.05) is 13.2 Å².